The van der Waals surface area contributed by atoms with Gasteiger partial charge in [0.15, 0.2) is 0 Å². The fourth-order valence-electron chi connectivity index (χ4n) is 9.63. The summed E-state index contributed by atoms with van der Waals surface area (Å²) in [6.07, 6.45) is 13.5. The summed E-state index contributed by atoms with van der Waals surface area (Å²) in [5, 5.41) is 18.8. The molecule has 20 nitrogen and oxygen atoms in total. The number of ether oxygens (including phenoxy) is 4. The number of aromatic carboxylic acids is 2. The SMILES string of the molecule is COCCn1c(Cc2cc(F)c(-c3cccc(OCc4ccc(-n5ccnc5)nc4)n3)cc2F)nc2ccc(C(=O)O)cc21.COCCn1c(Cc2cc(F)c(-c3cccc(OCc4ccc(-n5ccnc5)nc4)n3)cc2F)nc2ccc(C(=O)O)cc21. The fraction of sp³-hybridized carbons (Fsp3) is 0.156. The van der Waals surface area contributed by atoms with Crippen molar-refractivity contribution in [3.05, 3.63) is 239 Å². The number of halogens is 4. The zero-order chi connectivity index (χ0) is 61.3. The molecule has 12 aromatic rings. The average Bonchev–Trinajstić information content (AvgIpc) is 3.13. The number of methoxy groups -OCH3 is 2. The highest BCUT2D eigenvalue weighted by molar-refractivity contribution is 5.93. The van der Waals surface area contributed by atoms with Crippen LogP contribution in [0.15, 0.2) is 171 Å². The molecule has 0 amide bonds. The van der Waals surface area contributed by atoms with Gasteiger partial charge < -0.3 is 38.3 Å². The van der Waals surface area contributed by atoms with Crippen molar-refractivity contribution in [2.75, 3.05) is 27.4 Å². The molecule has 0 unspecified atom stereocenters. The fourth-order valence-corrected chi connectivity index (χ4v) is 9.63. The van der Waals surface area contributed by atoms with Crippen LogP contribution in [0.1, 0.15) is 54.6 Å². The Morgan fingerprint density at radius 3 is 1.33 bits per heavy atom. The molecule has 444 valence electrons. The summed E-state index contributed by atoms with van der Waals surface area (Å²) in [5.41, 5.74) is 4.64. The van der Waals surface area contributed by atoms with Gasteiger partial charge in [-0.25, -0.2) is 67.0 Å². The van der Waals surface area contributed by atoms with E-state index in [0.717, 1.165) is 35.4 Å². The summed E-state index contributed by atoms with van der Waals surface area (Å²) in [4.78, 5) is 57.8. The van der Waals surface area contributed by atoms with E-state index in [1.54, 1.807) is 131 Å². The van der Waals surface area contributed by atoms with Crippen molar-refractivity contribution in [2.24, 2.45) is 0 Å². The second-order valence-electron chi connectivity index (χ2n) is 19.9. The van der Waals surface area contributed by atoms with E-state index in [2.05, 4.69) is 39.9 Å². The predicted octanol–water partition coefficient (Wildman–Crippen LogP) is 10.9. The van der Waals surface area contributed by atoms with Gasteiger partial charge in [-0.3, -0.25) is 9.13 Å². The topological polar surface area (TPSA) is 234 Å². The summed E-state index contributed by atoms with van der Waals surface area (Å²) >= 11 is 0. The third kappa shape index (κ3) is 13.4. The first kappa shape index (κ1) is 58.8. The molecule has 0 aliphatic rings. The van der Waals surface area contributed by atoms with Crippen LogP contribution in [0.25, 0.3) is 56.2 Å². The molecule has 0 fully saturated rings. The van der Waals surface area contributed by atoms with Crippen molar-refractivity contribution in [1.29, 1.82) is 0 Å². The Morgan fingerprint density at radius 1 is 0.511 bits per heavy atom. The number of aromatic nitrogens is 12. The van der Waals surface area contributed by atoms with E-state index in [-0.39, 0.29) is 82.6 Å². The molecule has 0 aliphatic carbocycles. The molecular formula is C64H52F4N12O8. The van der Waals surface area contributed by atoms with Gasteiger partial charge in [0, 0.05) is 112 Å². The van der Waals surface area contributed by atoms with Crippen LogP contribution < -0.4 is 9.47 Å². The number of hydrogen-bond donors (Lipinski definition) is 2. The normalized spacial score (nSPS) is 11.2. The van der Waals surface area contributed by atoms with Crippen LogP contribution in [-0.4, -0.2) is 108 Å². The van der Waals surface area contributed by atoms with E-state index in [1.165, 1.54) is 24.3 Å². The van der Waals surface area contributed by atoms with E-state index in [4.69, 9.17) is 18.9 Å². The Balaban J connectivity index is 0.000000182. The largest absolute Gasteiger partial charge is 0.478 e. The standard InChI is InChI=1S/2C32H26F2N6O4/c2*1-43-12-11-40-28-14-21(32(41)42)6-7-27(28)37-30(40)15-22-13-25(34)23(16-24(22)33)26-3-2-4-31(38-26)44-18-20-5-8-29(36-17-20)39-10-9-35-19-39/h2*2-10,13-14,16-17,19H,11-12,15,18H2,1H3,(H,41,42). The first-order valence-electron chi connectivity index (χ1n) is 27.2. The van der Waals surface area contributed by atoms with E-state index in [1.807, 2.05) is 24.3 Å². The third-order valence-corrected chi connectivity index (χ3v) is 14.1. The van der Waals surface area contributed by atoms with Crippen LogP contribution in [0.5, 0.6) is 11.8 Å². The second kappa shape index (κ2) is 26.5. The lowest BCUT2D eigenvalue weighted by atomic mass is 10.0. The molecule has 2 N–H and O–H groups in total. The Kier molecular flexibility index (Phi) is 17.7. The van der Waals surface area contributed by atoms with Gasteiger partial charge in [-0.15, -0.1) is 0 Å². The molecule has 0 spiro atoms. The number of benzene rings is 4. The highest BCUT2D eigenvalue weighted by Gasteiger charge is 2.21. The number of nitrogens with zero attached hydrogens (tertiary/aromatic N) is 12. The quantitative estimate of drug-likeness (QED) is 0.0600. The molecule has 0 radical (unpaired) electrons. The maximum absolute atomic E-state index is 15.4. The van der Waals surface area contributed by atoms with Crippen LogP contribution in [0.3, 0.4) is 0 Å². The zero-order valence-electron chi connectivity index (χ0n) is 47.0. The first-order chi connectivity index (χ1) is 42.8. The molecule has 0 saturated carbocycles. The van der Waals surface area contributed by atoms with Gasteiger partial charge in [-0.2, -0.15) is 0 Å². The Bertz CT molecular complexity index is 4170. The number of hydrogen-bond acceptors (Lipinski definition) is 14. The maximum atomic E-state index is 15.4. The number of fused-ring (bicyclic) bond motifs is 2. The Hall–Kier alpha value is -11.0. The average molecular weight is 1190 g/mol. The lowest BCUT2D eigenvalue weighted by molar-refractivity contribution is 0.0686. The van der Waals surface area contributed by atoms with Gasteiger partial charge in [0.25, 0.3) is 0 Å². The molecule has 8 aromatic heterocycles. The minimum atomic E-state index is -1.07. The molecular weight excluding hydrogens is 1140 g/mol. The number of carboxylic acids is 2. The van der Waals surface area contributed by atoms with Gasteiger partial charge in [0.2, 0.25) is 11.8 Å². The predicted molar refractivity (Wildman–Crippen MR) is 313 cm³/mol. The highest BCUT2D eigenvalue weighted by atomic mass is 19.1. The number of rotatable bonds is 22. The first-order valence-corrected chi connectivity index (χ1v) is 27.2. The summed E-state index contributed by atoms with van der Waals surface area (Å²) in [5.74, 6) is -1.89. The van der Waals surface area contributed by atoms with Crippen LogP contribution in [-0.2, 0) is 48.6 Å². The Morgan fingerprint density at radius 2 is 0.955 bits per heavy atom. The van der Waals surface area contributed by atoms with Gasteiger partial charge in [0.1, 0.15) is 72.4 Å². The number of carboxylic acid groups (broad SMARTS) is 2. The van der Waals surface area contributed by atoms with Crippen molar-refractivity contribution >= 4 is 34.0 Å². The van der Waals surface area contributed by atoms with Crippen molar-refractivity contribution in [3.63, 3.8) is 0 Å². The summed E-state index contributed by atoms with van der Waals surface area (Å²) in [6.45, 7) is 1.72. The molecule has 0 bridgehead atoms. The molecule has 12 rings (SSSR count). The summed E-state index contributed by atoms with van der Waals surface area (Å²) < 4.78 is 90.9. The van der Waals surface area contributed by atoms with E-state index in [0.29, 0.717) is 71.7 Å². The highest BCUT2D eigenvalue weighted by Crippen LogP contribution is 2.31. The van der Waals surface area contributed by atoms with Crippen LogP contribution in [0.2, 0.25) is 0 Å². The molecule has 8 heterocycles. The van der Waals surface area contributed by atoms with Crippen molar-refractivity contribution in [2.45, 2.75) is 39.1 Å². The third-order valence-electron chi connectivity index (χ3n) is 14.1. The number of carbonyl (C=O) groups is 2. The van der Waals surface area contributed by atoms with Gasteiger partial charge >= 0.3 is 11.9 Å². The molecule has 0 saturated heterocycles. The van der Waals surface area contributed by atoms with Crippen LogP contribution >= 0.6 is 0 Å². The molecule has 88 heavy (non-hydrogen) atoms. The smallest absolute Gasteiger partial charge is 0.335 e. The van der Waals surface area contributed by atoms with Gasteiger partial charge in [-0.05, 0) is 96.1 Å². The van der Waals surface area contributed by atoms with Gasteiger partial charge in [0.05, 0.1) is 57.8 Å². The number of pyridine rings is 4. The molecule has 24 heteroatoms. The minimum Gasteiger partial charge on any atom is -0.478 e. The Labute approximate surface area is 498 Å². The second-order valence-corrected chi connectivity index (χ2v) is 19.9. The van der Waals surface area contributed by atoms with Gasteiger partial charge in [-0.1, -0.05) is 24.3 Å². The van der Waals surface area contributed by atoms with E-state index >= 15 is 17.6 Å². The zero-order valence-corrected chi connectivity index (χ0v) is 47.0. The van der Waals surface area contributed by atoms with Crippen molar-refractivity contribution in [3.8, 4) is 45.9 Å². The minimum absolute atomic E-state index is 0.0120. The van der Waals surface area contributed by atoms with E-state index < -0.39 is 35.2 Å². The van der Waals surface area contributed by atoms with Crippen molar-refractivity contribution in [1.82, 2.24) is 58.1 Å². The monoisotopic (exact) mass is 1190 g/mol. The maximum Gasteiger partial charge on any atom is 0.335 e. The number of imidazole rings is 4. The van der Waals surface area contributed by atoms with Crippen LogP contribution in [0.4, 0.5) is 17.6 Å². The molecule has 0 aliphatic heterocycles. The van der Waals surface area contributed by atoms with E-state index in [9.17, 15) is 19.8 Å². The summed E-state index contributed by atoms with van der Waals surface area (Å²) in [7, 11) is 3.09. The summed E-state index contributed by atoms with van der Waals surface area (Å²) in [6, 6.07) is 30.8. The lowest BCUT2D eigenvalue weighted by Gasteiger charge is -2.12. The lowest BCUT2D eigenvalue weighted by Crippen LogP contribution is -2.10. The van der Waals surface area contributed by atoms with Crippen LogP contribution in [0, 0.1) is 23.3 Å². The molecule has 4 aromatic carbocycles. The van der Waals surface area contributed by atoms with Crippen molar-refractivity contribution < 1.29 is 56.3 Å². The molecule has 0 atom stereocenters.